The number of anilines is 1. The van der Waals surface area contributed by atoms with Crippen LogP contribution in [0.15, 0.2) is 66.7 Å². The molecule has 3 aromatic carbocycles. The van der Waals surface area contributed by atoms with Gasteiger partial charge in [-0.25, -0.2) is 4.79 Å². The van der Waals surface area contributed by atoms with Crippen LogP contribution in [0.4, 0.5) is 5.69 Å². The van der Waals surface area contributed by atoms with Crippen LogP contribution < -0.4 is 10.1 Å². The van der Waals surface area contributed by atoms with E-state index in [-0.39, 0.29) is 5.56 Å². The predicted octanol–water partition coefficient (Wildman–Crippen LogP) is 4.03. The molecule has 5 nitrogen and oxygen atoms in total. The van der Waals surface area contributed by atoms with Gasteiger partial charge in [-0.3, -0.25) is 4.79 Å². The van der Waals surface area contributed by atoms with Crippen LogP contribution in [-0.2, 0) is 9.53 Å². The fourth-order valence-electron chi connectivity index (χ4n) is 2.60. The summed E-state index contributed by atoms with van der Waals surface area (Å²) in [5, 5.41) is 4.87. The molecule has 0 heterocycles. The van der Waals surface area contributed by atoms with Crippen molar-refractivity contribution in [1.82, 2.24) is 0 Å². The third-order valence-corrected chi connectivity index (χ3v) is 4.00. The number of ether oxygens (including phenoxy) is 2. The average Bonchev–Trinajstić information content (AvgIpc) is 2.67. The lowest BCUT2D eigenvalue weighted by Crippen LogP contribution is -2.30. The third-order valence-electron chi connectivity index (χ3n) is 4.00. The minimum Gasteiger partial charge on any atom is -0.496 e. The van der Waals surface area contributed by atoms with Gasteiger partial charge in [-0.2, -0.15) is 0 Å². The molecule has 3 rings (SSSR count). The summed E-state index contributed by atoms with van der Waals surface area (Å²) in [6.45, 7) is 1.53. The number of methoxy groups -OCH3 is 1. The van der Waals surface area contributed by atoms with Crippen LogP contribution in [0.1, 0.15) is 17.3 Å². The van der Waals surface area contributed by atoms with E-state index in [0.29, 0.717) is 11.4 Å². The van der Waals surface area contributed by atoms with Crippen molar-refractivity contribution in [3.05, 3.63) is 72.3 Å². The zero-order valence-electron chi connectivity index (χ0n) is 14.6. The van der Waals surface area contributed by atoms with E-state index in [1.54, 1.807) is 24.3 Å². The lowest BCUT2D eigenvalue weighted by Gasteiger charge is -2.15. The molecule has 1 N–H and O–H groups in total. The molecule has 1 atom stereocenters. The van der Waals surface area contributed by atoms with Crippen LogP contribution in [0.2, 0.25) is 0 Å². The number of nitrogens with one attached hydrogen (secondary N) is 1. The Bertz CT molecular complexity index is 951. The van der Waals surface area contributed by atoms with Gasteiger partial charge in [0.25, 0.3) is 5.91 Å². The second kappa shape index (κ2) is 7.70. The van der Waals surface area contributed by atoms with Crippen molar-refractivity contribution in [3.63, 3.8) is 0 Å². The Labute approximate surface area is 151 Å². The van der Waals surface area contributed by atoms with E-state index < -0.39 is 18.0 Å². The number of fused-ring (bicyclic) bond motifs is 1. The summed E-state index contributed by atoms with van der Waals surface area (Å²) in [5.74, 6) is -0.605. The highest BCUT2D eigenvalue weighted by molar-refractivity contribution is 5.99. The topological polar surface area (TPSA) is 64.6 Å². The van der Waals surface area contributed by atoms with Crippen LogP contribution >= 0.6 is 0 Å². The lowest BCUT2D eigenvalue weighted by atomic mass is 10.1. The van der Waals surface area contributed by atoms with Gasteiger partial charge < -0.3 is 14.8 Å². The Kier molecular flexibility index (Phi) is 5.17. The number of benzene rings is 3. The van der Waals surface area contributed by atoms with Gasteiger partial charge in [0.05, 0.1) is 7.11 Å². The first-order valence-electron chi connectivity index (χ1n) is 8.22. The van der Waals surface area contributed by atoms with Crippen molar-refractivity contribution in [2.45, 2.75) is 13.0 Å². The first-order valence-corrected chi connectivity index (χ1v) is 8.22. The molecule has 132 valence electrons. The van der Waals surface area contributed by atoms with Crippen LogP contribution in [0, 0.1) is 0 Å². The first kappa shape index (κ1) is 17.5. The number of para-hydroxylation sites is 1. The molecule has 0 radical (unpaired) electrons. The SMILES string of the molecule is COc1ccccc1C(=O)OC(C)C(=O)Nc1ccc2ccccc2c1. The number of hydrogen-bond donors (Lipinski definition) is 1. The highest BCUT2D eigenvalue weighted by atomic mass is 16.5. The van der Waals surface area contributed by atoms with E-state index in [4.69, 9.17) is 9.47 Å². The smallest absolute Gasteiger partial charge is 0.342 e. The van der Waals surface area contributed by atoms with Crippen LogP contribution in [0.25, 0.3) is 10.8 Å². The first-order chi connectivity index (χ1) is 12.6. The van der Waals surface area contributed by atoms with Gasteiger partial charge >= 0.3 is 5.97 Å². The lowest BCUT2D eigenvalue weighted by molar-refractivity contribution is -0.123. The molecule has 26 heavy (non-hydrogen) atoms. The Hall–Kier alpha value is -3.34. The zero-order chi connectivity index (χ0) is 18.5. The van der Waals surface area contributed by atoms with E-state index in [9.17, 15) is 9.59 Å². The van der Waals surface area contributed by atoms with Gasteiger partial charge in [0, 0.05) is 5.69 Å². The maximum Gasteiger partial charge on any atom is 0.342 e. The number of amides is 1. The summed E-state index contributed by atoms with van der Waals surface area (Å²) in [5.41, 5.74) is 0.925. The summed E-state index contributed by atoms with van der Waals surface area (Å²) in [6.07, 6.45) is -0.945. The molecular weight excluding hydrogens is 330 g/mol. The molecule has 0 spiro atoms. The number of hydrogen-bond acceptors (Lipinski definition) is 4. The molecule has 1 amide bonds. The second-order valence-electron chi connectivity index (χ2n) is 5.80. The van der Waals surface area contributed by atoms with Crippen molar-refractivity contribution >= 4 is 28.3 Å². The number of carbonyl (C=O) groups is 2. The summed E-state index contributed by atoms with van der Waals surface area (Å²) in [6, 6.07) is 20.2. The van der Waals surface area contributed by atoms with E-state index in [1.165, 1.54) is 14.0 Å². The van der Waals surface area contributed by atoms with Gasteiger partial charge in [-0.05, 0) is 42.0 Å². The van der Waals surface area contributed by atoms with Gasteiger partial charge in [-0.15, -0.1) is 0 Å². The van der Waals surface area contributed by atoms with Gasteiger partial charge in [0.2, 0.25) is 0 Å². The maximum atomic E-state index is 12.4. The minimum absolute atomic E-state index is 0.278. The second-order valence-corrected chi connectivity index (χ2v) is 5.80. The molecule has 1 unspecified atom stereocenters. The molecular formula is C21H19NO4. The molecule has 0 fully saturated rings. The molecule has 0 bridgehead atoms. The molecule has 5 heteroatoms. The minimum atomic E-state index is -0.945. The third kappa shape index (κ3) is 3.83. The molecule has 0 saturated carbocycles. The van der Waals surface area contributed by atoms with Gasteiger partial charge in [0.15, 0.2) is 6.10 Å². The van der Waals surface area contributed by atoms with Crippen molar-refractivity contribution in [2.24, 2.45) is 0 Å². The summed E-state index contributed by atoms with van der Waals surface area (Å²) < 4.78 is 10.4. The highest BCUT2D eigenvalue weighted by Crippen LogP contribution is 2.21. The van der Waals surface area contributed by atoms with Crippen molar-refractivity contribution < 1.29 is 19.1 Å². The van der Waals surface area contributed by atoms with Crippen LogP contribution in [0.3, 0.4) is 0 Å². The maximum absolute atomic E-state index is 12.4. The molecule has 3 aromatic rings. The number of rotatable bonds is 5. The Morgan fingerprint density at radius 1 is 0.923 bits per heavy atom. The molecule has 0 aliphatic rings. The largest absolute Gasteiger partial charge is 0.496 e. The Morgan fingerprint density at radius 2 is 1.62 bits per heavy atom. The fourth-order valence-corrected chi connectivity index (χ4v) is 2.60. The van der Waals surface area contributed by atoms with Gasteiger partial charge in [-0.1, -0.05) is 42.5 Å². The van der Waals surface area contributed by atoms with Gasteiger partial charge in [0.1, 0.15) is 11.3 Å². The van der Waals surface area contributed by atoms with Crippen molar-refractivity contribution in [2.75, 3.05) is 12.4 Å². The molecule has 0 aromatic heterocycles. The van der Waals surface area contributed by atoms with Crippen LogP contribution in [0.5, 0.6) is 5.75 Å². The Morgan fingerprint density at radius 3 is 2.38 bits per heavy atom. The fraction of sp³-hybridized carbons (Fsp3) is 0.143. The summed E-state index contributed by atoms with van der Waals surface area (Å²) in [7, 11) is 1.47. The normalized spacial score (nSPS) is 11.6. The summed E-state index contributed by atoms with van der Waals surface area (Å²) >= 11 is 0. The standard InChI is InChI=1S/C21H19NO4/c1-14(26-21(24)18-9-5-6-10-19(18)25-2)20(23)22-17-12-11-15-7-3-4-8-16(15)13-17/h3-14H,1-2H3,(H,22,23). The number of carbonyl (C=O) groups excluding carboxylic acids is 2. The van der Waals surface area contributed by atoms with E-state index >= 15 is 0 Å². The summed E-state index contributed by atoms with van der Waals surface area (Å²) in [4.78, 5) is 24.6. The highest BCUT2D eigenvalue weighted by Gasteiger charge is 2.21. The van der Waals surface area contributed by atoms with E-state index in [2.05, 4.69) is 5.32 Å². The quantitative estimate of drug-likeness (QED) is 0.706. The van der Waals surface area contributed by atoms with E-state index in [1.807, 2.05) is 42.5 Å². The Balaban J connectivity index is 1.68. The molecule has 0 aliphatic carbocycles. The van der Waals surface area contributed by atoms with Crippen molar-refractivity contribution in [1.29, 1.82) is 0 Å². The molecule has 0 saturated heterocycles. The van der Waals surface area contributed by atoms with E-state index in [0.717, 1.165) is 10.8 Å². The van der Waals surface area contributed by atoms with Crippen molar-refractivity contribution in [3.8, 4) is 5.75 Å². The molecule has 0 aliphatic heterocycles. The monoisotopic (exact) mass is 349 g/mol. The average molecular weight is 349 g/mol. The van der Waals surface area contributed by atoms with Crippen LogP contribution in [-0.4, -0.2) is 25.1 Å². The predicted molar refractivity (Wildman–Crippen MR) is 100 cm³/mol. The number of esters is 1. The zero-order valence-corrected chi connectivity index (χ0v) is 14.6.